The molecule has 0 saturated carbocycles. The summed E-state index contributed by atoms with van der Waals surface area (Å²) in [6.45, 7) is 1.45. The van der Waals surface area contributed by atoms with Gasteiger partial charge >= 0.3 is 0 Å². The zero-order valence-corrected chi connectivity index (χ0v) is 12.8. The Hall–Kier alpha value is -0.180. The van der Waals surface area contributed by atoms with Gasteiger partial charge in [0.2, 0.25) is 0 Å². The molecule has 0 aliphatic carbocycles. The molecular weight excluding hydrogens is 288 g/mol. The fourth-order valence-electron chi connectivity index (χ4n) is 2.71. The van der Waals surface area contributed by atoms with Crippen LogP contribution in [0, 0.1) is 0 Å². The minimum atomic E-state index is -2.84. The van der Waals surface area contributed by atoms with Crippen molar-refractivity contribution in [3.8, 4) is 0 Å². The first-order chi connectivity index (χ1) is 8.77. The van der Waals surface area contributed by atoms with Crippen LogP contribution in [0.4, 0.5) is 0 Å². The Kier molecular flexibility index (Phi) is 4.54. The minimum Gasteiger partial charge on any atom is -0.312 e. The molecule has 2 unspecified atom stereocenters. The van der Waals surface area contributed by atoms with Crippen molar-refractivity contribution in [2.45, 2.75) is 24.9 Å². The Labute approximate surface area is 115 Å². The van der Waals surface area contributed by atoms with Crippen molar-refractivity contribution in [2.24, 2.45) is 0 Å². The Morgan fingerprint density at radius 1 is 1.05 bits per heavy atom. The molecule has 2 rings (SSSR count). The second-order valence-corrected chi connectivity index (χ2v) is 10.0. The van der Waals surface area contributed by atoms with Crippen LogP contribution in [-0.4, -0.2) is 77.0 Å². The lowest BCUT2D eigenvalue weighted by Crippen LogP contribution is -2.40. The quantitative estimate of drug-likeness (QED) is 0.693. The van der Waals surface area contributed by atoms with Gasteiger partial charge in [0.1, 0.15) is 0 Å². The van der Waals surface area contributed by atoms with E-state index in [0.29, 0.717) is 19.4 Å². The number of sulfone groups is 2. The molecule has 2 atom stereocenters. The van der Waals surface area contributed by atoms with E-state index in [0.717, 1.165) is 6.54 Å². The molecule has 112 valence electrons. The molecule has 6 nitrogen and oxygen atoms in total. The van der Waals surface area contributed by atoms with Crippen molar-refractivity contribution in [2.75, 3.05) is 43.1 Å². The monoisotopic (exact) mass is 310 g/mol. The third-order valence-electron chi connectivity index (χ3n) is 3.96. The standard InChI is InChI=1S/C11H22N2O4S2/c1-13(11-3-7-19(16,17)9-11)5-4-12-10-2-6-18(14,15)8-10/h10-12H,2-9H2,1H3. The molecule has 0 amide bonds. The van der Waals surface area contributed by atoms with E-state index >= 15 is 0 Å². The fourth-order valence-corrected chi connectivity index (χ4v) is 6.22. The molecule has 0 spiro atoms. The molecular formula is C11H22N2O4S2. The van der Waals surface area contributed by atoms with E-state index in [2.05, 4.69) is 10.2 Å². The third kappa shape index (κ3) is 4.40. The maximum atomic E-state index is 11.4. The van der Waals surface area contributed by atoms with Gasteiger partial charge in [0.05, 0.1) is 23.0 Å². The Morgan fingerprint density at radius 3 is 2.21 bits per heavy atom. The normalized spacial score (nSPS) is 32.9. The van der Waals surface area contributed by atoms with Gasteiger partial charge in [-0.05, 0) is 19.9 Å². The van der Waals surface area contributed by atoms with Crippen LogP contribution in [0.5, 0.6) is 0 Å². The van der Waals surface area contributed by atoms with Crippen molar-refractivity contribution < 1.29 is 16.8 Å². The predicted octanol–water partition coefficient (Wildman–Crippen LogP) is -1.12. The lowest BCUT2D eigenvalue weighted by molar-refractivity contribution is 0.259. The molecule has 0 radical (unpaired) electrons. The van der Waals surface area contributed by atoms with Crippen molar-refractivity contribution in [3.63, 3.8) is 0 Å². The molecule has 0 bridgehead atoms. The second kappa shape index (κ2) is 5.67. The lowest BCUT2D eigenvalue weighted by Gasteiger charge is -2.23. The minimum absolute atomic E-state index is 0.0608. The largest absolute Gasteiger partial charge is 0.312 e. The summed E-state index contributed by atoms with van der Waals surface area (Å²) >= 11 is 0. The highest BCUT2D eigenvalue weighted by molar-refractivity contribution is 7.91. The van der Waals surface area contributed by atoms with Gasteiger partial charge in [0.25, 0.3) is 0 Å². The highest BCUT2D eigenvalue weighted by atomic mass is 32.2. The van der Waals surface area contributed by atoms with E-state index < -0.39 is 19.7 Å². The highest BCUT2D eigenvalue weighted by Crippen LogP contribution is 2.16. The number of hydrogen-bond acceptors (Lipinski definition) is 6. The van der Waals surface area contributed by atoms with Crippen LogP contribution in [0.3, 0.4) is 0 Å². The predicted molar refractivity (Wildman–Crippen MR) is 74.8 cm³/mol. The van der Waals surface area contributed by atoms with Gasteiger partial charge in [-0.1, -0.05) is 0 Å². The SMILES string of the molecule is CN(CCNC1CCS(=O)(=O)C1)C1CCS(=O)(=O)C1. The summed E-state index contributed by atoms with van der Waals surface area (Å²) in [5.41, 5.74) is 0. The van der Waals surface area contributed by atoms with Gasteiger partial charge in [-0.2, -0.15) is 0 Å². The Balaban J connectivity index is 1.69. The molecule has 1 N–H and O–H groups in total. The first kappa shape index (κ1) is 15.2. The van der Waals surface area contributed by atoms with Crippen LogP contribution in [-0.2, 0) is 19.7 Å². The highest BCUT2D eigenvalue weighted by Gasteiger charge is 2.31. The maximum absolute atomic E-state index is 11.4. The molecule has 8 heteroatoms. The van der Waals surface area contributed by atoms with Crippen molar-refractivity contribution >= 4 is 19.7 Å². The number of rotatable bonds is 5. The zero-order chi connectivity index (χ0) is 14.1. The van der Waals surface area contributed by atoms with Crippen molar-refractivity contribution in [3.05, 3.63) is 0 Å². The van der Waals surface area contributed by atoms with E-state index in [1.54, 1.807) is 0 Å². The summed E-state index contributed by atoms with van der Waals surface area (Å²) in [7, 11) is -3.74. The molecule has 0 aromatic heterocycles. The molecule has 2 aliphatic heterocycles. The fraction of sp³-hybridized carbons (Fsp3) is 1.00. The molecule has 0 aromatic rings. The number of nitrogens with one attached hydrogen (secondary N) is 1. The van der Waals surface area contributed by atoms with Crippen LogP contribution >= 0.6 is 0 Å². The van der Waals surface area contributed by atoms with Crippen LogP contribution in [0.2, 0.25) is 0 Å². The summed E-state index contributed by atoms with van der Waals surface area (Å²) in [4.78, 5) is 2.06. The summed E-state index contributed by atoms with van der Waals surface area (Å²) in [6.07, 6.45) is 1.39. The van der Waals surface area contributed by atoms with E-state index in [1.165, 1.54) is 0 Å². The topological polar surface area (TPSA) is 83.6 Å². The molecule has 2 saturated heterocycles. The molecule has 2 fully saturated rings. The van der Waals surface area contributed by atoms with Gasteiger partial charge in [-0.3, -0.25) is 0 Å². The Bertz CT molecular complexity index is 515. The lowest BCUT2D eigenvalue weighted by atomic mass is 10.2. The molecule has 2 aliphatic rings. The Morgan fingerprint density at radius 2 is 1.68 bits per heavy atom. The summed E-state index contributed by atoms with van der Waals surface area (Å²) < 4.78 is 45.4. The maximum Gasteiger partial charge on any atom is 0.151 e. The van der Waals surface area contributed by atoms with Crippen LogP contribution in [0.15, 0.2) is 0 Å². The van der Waals surface area contributed by atoms with Crippen LogP contribution in [0.1, 0.15) is 12.8 Å². The number of likely N-dealkylation sites (N-methyl/N-ethyl adjacent to an activating group) is 1. The molecule has 2 heterocycles. The van der Waals surface area contributed by atoms with Crippen LogP contribution < -0.4 is 5.32 Å². The average Bonchev–Trinajstić information content (AvgIpc) is 2.81. The number of nitrogens with zero attached hydrogens (tertiary/aromatic N) is 1. The van der Waals surface area contributed by atoms with Crippen molar-refractivity contribution in [1.82, 2.24) is 10.2 Å². The summed E-state index contributed by atoms with van der Waals surface area (Å²) in [5, 5.41) is 3.24. The van der Waals surface area contributed by atoms with Gasteiger partial charge in [0, 0.05) is 25.2 Å². The summed E-state index contributed by atoms with van der Waals surface area (Å²) in [6, 6.07) is 0.171. The second-order valence-electron chi connectivity index (χ2n) is 5.59. The third-order valence-corrected chi connectivity index (χ3v) is 7.48. The van der Waals surface area contributed by atoms with Gasteiger partial charge < -0.3 is 10.2 Å². The average molecular weight is 310 g/mol. The molecule has 19 heavy (non-hydrogen) atoms. The summed E-state index contributed by atoms with van der Waals surface area (Å²) in [5.74, 6) is 1.05. The number of hydrogen-bond donors (Lipinski definition) is 1. The van der Waals surface area contributed by atoms with Gasteiger partial charge in [-0.25, -0.2) is 16.8 Å². The van der Waals surface area contributed by atoms with E-state index in [9.17, 15) is 16.8 Å². The van der Waals surface area contributed by atoms with Crippen molar-refractivity contribution in [1.29, 1.82) is 0 Å². The first-order valence-corrected chi connectivity index (χ1v) is 10.3. The smallest absolute Gasteiger partial charge is 0.151 e. The van der Waals surface area contributed by atoms with Gasteiger partial charge in [-0.15, -0.1) is 0 Å². The molecule has 0 aromatic carbocycles. The van der Waals surface area contributed by atoms with Crippen LogP contribution in [0.25, 0.3) is 0 Å². The van der Waals surface area contributed by atoms with E-state index in [1.807, 2.05) is 7.05 Å². The van der Waals surface area contributed by atoms with E-state index in [-0.39, 0.29) is 35.1 Å². The first-order valence-electron chi connectivity index (χ1n) is 6.62. The van der Waals surface area contributed by atoms with E-state index in [4.69, 9.17) is 0 Å². The zero-order valence-electron chi connectivity index (χ0n) is 11.2. The van der Waals surface area contributed by atoms with Gasteiger partial charge in [0.15, 0.2) is 19.7 Å².